The monoisotopic (exact) mass is 281 g/mol. The van der Waals surface area contributed by atoms with Crippen molar-refractivity contribution in [2.45, 2.75) is 26.3 Å². The maximum absolute atomic E-state index is 12.6. The van der Waals surface area contributed by atoms with Crippen LogP contribution in [0.2, 0.25) is 0 Å². The van der Waals surface area contributed by atoms with Gasteiger partial charge in [0.15, 0.2) is 0 Å². The molecule has 1 unspecified atom stereocenters. The van der Waals surface area contributed by atoms with E-state index >= 15 is 0 Å². The maximum atomic E-state index is 12.6. The quantitative estimate of drug-likeness (QED) is 0.941. The van der Waals surface area contributed by atoms with Crippen molar-refractivity contribution >= 4 is 17.4 Å². The molecule has 4 nitrogen and oxygen atoms in total. The number of benzene rings is 1. The van der Waals surface area contributed by atoms with Gasteiger partial charge < -0.3 is 10.2 Å². The van der Waals surface area contributed by atoms with Crippen molar-refractivity contribution in [3.05, 3.63) is 53.7 Å². The molecular formula is C17H19N3O. The van der Waals surface area contributed by atoms with Crippen LogP contribution in [-0.2, 0) is 11.2 Å². The molecule has 0 bridgehead atoms. The van der Waals surface area contributed by atoms with Gasteiger partial charge in [-0.25, -0.2) is 4.98 Å². The van der Waals surface area contributed by atoms with Crippen LogP contribution >= 0.6 is 0 Å². The molecule has 0 saturated heterocycles. The molecule has 0 fully saturated rings. The van der Waals surface area contributed by atoms with Crippen molar-refractivity contribution < 1.29 is 4.79 Å². The molecular weight excluding hydrogens is 262 g/mol. The lowest BCUT2D eigenvalue weighted by molar-refractivity contribution is -0.118. The molecule has 1 N–H and O–H groups in total. The highest BCUT2D eigenvalue weighted by molar-refractivity contribution is 6.00. The molecule has 4 heteroatoms. The van der Waals surface area contributed by atoms with E-state index in [-0.39, 0.29) is 11.9 Å². The second-order valence-electron chi connectivity index (χ2n) is 5.40. The Bertz CT molecular complexity index is 669. The Labute approximate surface area is 124 Å². The highest BCUT2D eigenvalue weighted by Gasteiger charge is 2.27. The van der Waals surface area contributed by atoms with Crippen LogP contribution in [0.4, 0.5) is 11.5 Å². The van der Waals surface area contributed by atoms with Gasteiger partial charge in [0.2, 0.25) is 5.91 Å². The number of aryl methyl sites for hydroxylation is 1. The minimum absolute atomic E-state index is 0.0863. The minimum Gasteiger partial charge on any atom is -0.359 e. The number of carbonyl (C=O) groups excluding carboxylic acids is 1. The normalized spacial score (nSPS) is 14.7. The zero-order chi connectivity index (χ0) is 14.8. The van der Waals surface area contributed by atoms with Crippen molar-refractivity contribution in [1.29, 1.82) is 0 Å². The highest BCUT2D eigenvalue weighted by atomic mass is 16.2. The van der Waals surface area contributed by atoms with Gasteiger partial charge in [0.05, 0.1) is 0 Å². The number of amides is 1. The number of rotatable bonds is 3. The summed E-state index contributed by atoms with van der Waals surface area (Å²) in [5, 5.41) is 3.19. The summed E-state index contributed by atoms with van der Waals surface area (Å²) in [5.74, 6) is 0.826. The maximum Gasteiger partial charge on any atom is 0.249 e. The lowest BCUT2D eigenvalue weighted by Crippen LogP contribution is -2.40. The Kier molecular flexibility index (Phi) is 3.60. The van der Waals surface area contributed by atoms with Crippen molar-refractivity contribution in [1.82, 2.24) is 4.98 Å². The Morgan fingerprint density at radius 3 is 2.86 bits per heavy atom. The van der Waals surface area contributed by atoms with Crippen LogP contribution in [0.1, 0.15) is 18.2 Å². The number of nitrogens with one attached hydrogen (secondary N) is 1. The van der Waals surface area contributed by atoms with Gasteiger partial charge in [-0.3, -0.25) is 4.79 Å². The van der Waals surface area contributed by atoms with Gasteiger partial charge in [-0.2, -0.15) is 0 Å². The van der Waals surface area contributed by atoms with E-state index in [1.165, 1.54) is 5.56 Å². The largest absolute Gasteiger partial charge is 0.359 e. The molecule has 1 aromatic heterocycles. The molecule has 1 atom stereocenters. The van der Waals surface area contributed by atoms with Gasteiger partial charge in [0.25, 0.3) is 0 Å². The summed E-state index contributed by atoms with van der Waals surface area (Å²) in [6.45, 7) is 4.58. The highest BCUT2D eigenvalue weighted by Crippen LogP contribution is 2.28. The van der Waals surface area contributed by atoms with Crippen LogP contribution in [0.25, 0.3) is 0 Å². The summed E-state index contributed by atoms with van der Waals surface area (Å²) >= 11 is 0. The van der Waals surface area contributed by atoms with E-state index in [4.69, 9.17) is 0 Å². The summed E-state index contributed by atoms with van der Waals surface area (Å²) in [5.41, 5.74) is 3.21. The zero-order valence-electron chi connectivity index (χ0n) is 12.3. The Morgan fingerprint density at radius 1 is 1.24 bits per heavy atom. The molecule has 1 aromatic carbocycles. The number of hydrogen-bond donors (Lipinski definition) is 1. The van der Waals surface area contributed by atoms with Crippen LogP contribution in [0.3, 0.4) is 0 Å². The van der Waals surface area contributed by atoms with Gasteiger partial charge in [0, 0.05) is 17.9 Å². The van der Waals surface area contributed by atoms with Gasteiger partial charge in [0.1, 0.15) is 11.9 Å². The Balaban J connectivity index is 1.74. The first-order valence-electron chi connectivity index (χ1n) is 7.24. The first-order chi connectivity index (χ1) is 10.1. The summed E-state index contributed by atoms with van der Waals surface area (Å²) in [6.07, 6.45) is 0.928. The van der Waals surface area contributed by atoms with Crippen LogP contribution in [0.5, 0.6) is 0 Å². The fraction of sp³-hybridized carbons (Fsp3) is 0.294. The van der Waals surface area contributed by atoms with E-state index in [0.717, 1.165) is 30.2 Å². The minimum atomic E-state index is -0.301. The smallest absolute Gasteiger partial charge is 0.249 e. The number of anilines is 2. The summed E-state index contributed by atoms with van der Waals surface area (Å²) in [7, 11) is 0. The van der Waals surface area contributed by atoms with Crippen molar-refractivity contribution in [2.24, 2.45) is 0 Å². The fourth-order valence-electron chi connectivity index (χ4n) is 2.71. The molecule has 21 heavy (non-hydrogen) atoms. The predicted molar refractivity (Wildman–Crippen MR) is 84.6 cm³/mol. The lowest BCUT2D eigenvalue weighted by atomic mass is 10.2. The second kappa shape index (κ2) is 5.56. The number of hydrogen-bond acceptors (Lipinski definition) is 3. The van der Waals surface area contributed by atoms with E-state index in [1.807, 2.05) is 55.1 Å². The van der Waals surface area contributed by atoms with Crippen LogP contribution in [-0.4, -0.2) is 23.5 Å². The molecule has 1 amide bonds. The van der Waals surface area contributed by atoms with E-state index in [1.54, 1.807) is 0 Å². The number of fused-ring (bicyclic) bond motifs is 1. The van der Waals surface area contributed by atoms with Crippen LogP contribution in [0, 0.1) is 6.92 Å². The molecule has 1 aliphatic heterocycles. The van der Waals surface area contributed by atoms with Crippen LogP contribution < -0.4 is 10.2 Å². The van der Waals surface area contributed by atoms with Crippen molar-refractivity contribution in [3.8, 4) is 0 Å². The summed E-state index contributed by atoms with van der Waals surface area (Å²) in [4.78, 5) is 18.9. The molecule has 2 aromatic rings. The van der Waals surface area contributed by atoms with Crippen molar-refractivity contribution in [3.63, 3.8) is 0 Å². The first-order valence-corrected chi connectivity index (χ1v) is 7.24. The average Bonchev–Trinajstić information content (AvgIpc) is 2.90. The molecule has 3 rings (SSSR count). The molecule has 2 heterocycles. The van der Waals surface area contributed by atoms with Crippen molar-refractivity contribution in [2.75, 3.05) is 16.8 Å². The van der Waals surface area contributed by atoms with Crippen LogP contribution in [0.15, 0.2) is 42.5 Å². The third kappa shape index (κ3) is 2.75. The van der Waals surface area contributed by atoms with Gasteiger partial charge in [-0.05, 0) is 44.0 Å². The van der Waals surface area contributed by atoms with E-state index in [0.29, 0.717) is 0 Å². The van der Waals surface area contributed by atoms with E-state index in [9.17, 15) is 4.79 Å². The van der Waals surface area contributed by atoms with Gasteiger partial charge >= 0.3 is 0 Å². The SMILES string of the molecule is Cc1cccc(NC(C)C(=O)N2CCc3ccccc32)n1. The van der Waals surface area contributed by atoms with E-state index < -0.39 is 0 Å². The molecule has 0 saturated carbocycles. The molecule has 0 radical (unpaired) electrons. The lowest BCUT2D eigenvalue weighted by Gasteiger charge is -2.22. The number of aromatic nitrogens is 1. The summed E-state index contributed by atoms with van der Waals surface area (Å²) < 4.78 is 0. The first kappa shape index (κ1) is 13.6. The van der Waals surface area contributed by atoms with Gasteiger partial charge in [-0.1, -0.05) is 24.3 Å². The fourth-order valence-corrected chi connectivity index (χ4v) is 2.71. The Hall–Kier alpha value is -2.36. The predicted octanol–water partition coefficient (Wildman–Crippen LogP) is 2.78. The number of pyridine rings is 1. The second-order valence-corrected chi connectivity index (χ2v) is 5.40. The zero-order valence-corrected chi connectivity index (χ0v) is 12.3. The van der Waals surface area contributed by atoms with Gasteiger partial charge in [-0.15, -0.1) is 0 Å². The third-order valence-corrected chi connectivity index (χ3v) is 3.78. The standard InChI is InChI=1S/C17H19N3O/c1-12-6-5-9-16(18-12)19-13(2)17(21)20-11-10-14-7-3-4-8-15(14)20/h3-9,13H,10-11H2,1-2H3,(H,18,19). The Morgan fingerprint density at radius 2 is 2.05 bits per heavy atom. The number of para-hydroxylation sites is 1. The summed E-state index contributed by atoms with van der Waals surface area (Å²) in [6, 6.07) is 13.6. The topological polar surface area (TPSA) is 45.2 Å². The number of carbonyl (C=O) groups is 1. The molecule has 0 spiro atoms. The third-order valence-electron chi connectivity index (χ3n) is 3.78. The molecule has 108 valence electrons. The molecule has 0 aliphatic carbocycles. The molecule has 1 aliphatic rings. The van der Waals surface area contributed by atoms with E-state index in [2.05, 4.69) is 16.4 Å². The average molecular weight is 281 g/mol. The number of nitrogens with zero attached hydrogens (tertiary/aromatic N) is 2.